The quantitative estimate of drug-likeness (QED) is 0.720. The van der Waals surface area contributed by atoms with Crippen LogP contribution in [0.4, 0.5) is 10.5 Å². The maximum atomic E-state index is 12.2. The Labute approximate surface area is 165 Å². The fraction of sp³-hybridized carbons (Fsp3) is 0.333. The van der Waals surface area contributed by atoms with Gasteiger partial charge in [-0.05, 0) is 38.1 Å². The molecule has 0 bridgehead atoms. The molecule has 0 fully saturated rings. The van der Waals surface area contributed by atoms with E-state index < -0.39 is 23.9 Å². The molecular formula is C18H19N3O6S. The molecule has 0 saturated carbocycles. The minimum Gasteiger partial charge on any atom is -0.465 e. The molecule has 1 N–H and O–H groups in total. The van der Waals surface area contributed by atoms with Crippen molar-refractivity contribution in [3.8, 4) is 0 Å². The number of thioether (sulfide) groups is 1. The molecule has 1 atom stereocenters. The molecule has 0 radical (unpaired) electrons. The molecule has 9 nitrogen and oxygen atoms in total. The highest BCUT2D eigenvalue weighted by Gasteiger charge is 2.33. The van der Waals surface area contributed by atoms with Gasteiger partial charge in [0.15, 0.2) is 0 Å². The largest absolute Gasteiger partial charge is 0.465 e. The van der Waals surface area contributed by atoms with Crippen molar-refractivity contribution >= 4 is 52.1 Å². The number of ether oxygens (including phenoxy) is 2. The number of rotatable bonds is 6. The number of urea groups is 1. The molecule has 0 aliphatic carbocycles. The summed E-state index contributed by atoms with van der Waals surface area (Å²) in [7, 11) is 1.28. The van der Waals surface area contributed by atoms with E-state index in [1.54, 1.807) is 19.1 Å². The van der Waals surface area contributed by atoms with E-state index in [4.69, 9.17) is 4.74 Å². The van der Waals surface area contributed by atoms with Gasteiger partial charge >= 0.3 is 18.0 Å². The minimum absolute atomic E-state index is 0.0753. The van der Waals surface area contributed by atoms with E-state index in [0.717, 1.165) is 11.8 Å². The Kier molecular flexibility index (Phi) is 7.44. The fourth-order valence-electron chi connectivity index (χ4n) is 2.33. The van der Waals surface area contributed by atoms with Gasteiger partial charge in [0.25, 0.3) is 0 Å². The molecule has 0 saturated heterocycles. The first-order chi connectivity index (χ1) is 13.3. The van der Waals surface area contributed by atoms with Crippen LogP contribution in [0.25, 0.3) is 0 Å². The van der Waals surface area contributed by atoms with Crippen LogP contribution in [0.2, 0.25) is 0 Å². The van der Waals surface area contributed by atoms with Gasteiger partial charge in [0.1, 0.15) is 5.92 Å². The Hall–Kier alpha value is -3.01. The molecule has 1 unspecified atom stereocenters. The number of aliphatic imine (C=N–C) groups is 2. The molecule has 148 valence electrons. The molecule has 10 heteroatoms. The van der Waals surface area contributed by atoms with E-state index in [0.29, 0.717) is 11.3 Å². The van der Waals surface area contributed by atoms with E-state index in [-0.39, 0.29) is 29.0 Å². The predicted octanol–water partition coefficient (Wildman–Crippen LogP) is 2.32. The highest BCUT2D eigenvalue weighted by molar-refractivity contribution is 8.14. The molecule has 1 aromatic carbocycles. The second kappa shape index (κ2) is 9.79. The third kappa shape index (κ3) is 5.49. The molecule has 0 spiro atoms. The number of nitrogens with one attached hydrogen (secondary N) is 1. The van der Waals surface area contributed by atoms with Gasteiger partial charge in [-0.2, -0.15) is 9.98 Å². The topological polar surface area (TPSA) is 123 Å². The Balaban J connectivity index is 1.99. The normalized spacial score (nSPS) is 16.0. The summed E-state index contributed by atoms with van der Waals surface area (Å²) in [6.07, 6.45) is 0. The number of benzene rings is 1. The monoisotopic (exact) mass is 405 g/mol. The molecule has 0 aromatic heterocycles. The smallest absolute Gasteiger partial charge is 0.367 e. The van der Waals surface area contributed by atoms with E-state index in [9.17, 15) is 19.2 Å². The summed E-state index contributed by atoms with van der Waals surface area (Å²) >= 11 is 0.968. The molecule has 1 aliphatic heterocycles. The van der Waals surface area contributed by atoms with Gasteiger partial charge in [0.05, 0.1) is 30.1 Å². The van der Waals surface area contributed by atoms with Crippen molar-refractivity contribution in [2.75, 3.05) is 24.8 Å². The van der Waals surface area contributed by atoms with Crippen molar-refractivity contribution in [1.82, 2.24) is 0 Å². The van der Waals surface area contributed by atoms with Crippen molar-refractivity contribution in [3.63, 3.8) is 0 Å². The summed E-state index contributed by atoms with van der Waals surface area (Å²) < 4.78 is 9.61. The van der Waals surface area contributed by atoms with Crippen molar-refractivity contribution in [1.29, 1.82) is 0 Å². The lowest BCUT2D eigenvalue weighted by molar-refractivity contribution is -0.143. The maximum Gasteiger partial charge on any atom is 0.367 e. The first-order valence-corrected chi connectivity index (χ1v) is 9.29. The third-order valence-corrected chi connectivity index (χ3v) is 4.64. The van der Waals surface area contributed by atoms with Gasteiger partial charge in [-0.1, -0.05) is 11.8 Å². The highest BCUT2D eigenvalue weighted by Crippen LogP contribution is 2.22. The predicted molar refractivity (Wildman–Crippen MR) is 105 cm³/mol. The lowest BCUT2D eigenvalue weighted by atomic mass is 10.1. The molecule has 1 aromatic rings. The number of anilines is 1. The maximum absolute atomic E-state index is 12.2. The van der Waals surface area contributed by atoms with Gasteiger partial charge in [-0.25, -0.2) is 9.59 Å². The van der Waals surface area contributed by atoms with Crippen LogP contribution in [0.3, 0.4) is 0 Å². The summed E-state index contributed by atoms with van der Waals surface area (Å²) in [5, 5.41) is 2.83. The Bertz CT molecular complexity index is 847. The summed E-state index contributed by atoms with van der Waals surface area (Å²) in [6.45, 7) is 3.38. The van der Waals surface area contributed by atoms with Gasteiger partial charge < -0.3 is 14.8 Å². The van der Waals surface area contributed by atoms with Crippen molar-refractivity contribution < 1.29 is 28.7 Å². The van der Waals surface area contributed by atoms with Gasteiger partial charge in [0.2, 0.25) is 5.91 Å². The van der Waals surface area contributed by atoms with E-state index in [2.05, 4.69) is 20.0 Å². The standard InChI is InChI=1S/C18H19N3O6S/c1-4-27-17(24)14-10(2)19-18(25)21-15(14)28-9-13(22)20-12-7-5-11(6-8-12)16(23)26-3/h5-8,14H,4,9H2,1-3H3,(H,20,22). The highest BCUT2D eigenvalue weighted by atomic mass is 32.2. The van der Waals surface area contributed by atoms with Gasteiger partial charge in [-0.15, -0.1) is 0 Å². The zero-order valence-corrected chi connectivity index (χ0v) is 16.4. The van der Waals surface area contributed by atoms with Crippen LogP contribution in [0.1, 0.15) is 24.2 Å². The Morgan fingerprint density at radius 3 is 2.46 bits per heavy atom. The first-order valence-electron chi connectivity index (χ1n) is 8.31. The summed E-state index contributed by atoms with van der Waals surface area (Å²) in [4.78, 5) is 54.7. The van der Waals surface area contributed by atoms with Crippen LogP contribution in [-0.4, -0.2) is 54.1 Å². The summed E-state index contributed by atoms with van der Waals surface area (Å²) in [5.74, 6) is -2.38. The van der Waals surface area contributed by atoms with Crippen LogP contribution in [0.15, 0.2) is 34.3 Å². The number of hydrogen-bond acceptors (Lipinski definition) is 7. The molecule has 1 heterocycles. The van der Waals surface area contributed by atoms with Crippen molar-refractivity contribution in [2.24, 2.45) is 15.9 Å². The fourth-order valence-corrected chi connectivity index (χ4v) is 3.26. The zero-order valence-electron chi connectivity index (χ0n) is 15.6. The van der Waals surface area contributed by atoms with Gasteiger partial charge in [-0.3, -0.25) is 9.59 Å². The lowest BCUT2D eigenvalue weighted by Gasteiger charge is -2.19. The Morgan fingerprint density at radius 1 is 1.18 bits per heavy atom. The average molecular weight is 405 g/mol. The zero-order chi connectivity index (χ0) is 20.7. The van der Waals surface area contributed by atoms with Crippen LogP contribution in [-0.2, 0) is 19.1 Å². The summed E-state index contributed by atoms with van der Waals surface area (Å²) in [5.41, 5.74) is 1.12. The SMILES string of the molecule is CCOC(=O)C1C(C)=NC(=O)N=C1SCC(=O)Nc1ccc(C(=O)OC)cc1. The van der Waals surface area contributed by atoms with E-state index in [1.807, 2.05) is 0 Å². The average Bonchev–Trinajstić information content (AvgIpc) is 2.66. The van der Waals surface area contributed by atoms with Crippen LogP contribution in [0.5, 0.6) is 0 Å². The molecule has 2 rings (SSSR count). The number of amides is 3. The number of hydrogen-bond donors (Lipinski definition) is 1. The van der Waals surface area contributed by atoms with Crippen LogP contribution in [0, 0.1) is 5.92 Å². The number of carbonyl (C=O) groups excluding carboxylic acids is 4. The Morgan fingerprint density at radius 2 is 1.86 bits per heavy atom. The van der Waals surface area contributed by atoms with Crippen molar-refractivity contribution in [2.45, 2.75) is 13.8 Å². The number of carbonyl (C=O) groups is 4. The number of esters is 2. The third-order valence-electron chi connectivity index (χ3n) is 3.61. The molecule has 3 amide bonds. The second-order valence-electron chi connectivity index (χ2n) is 5.58. The minimum atomic E-state index is -0.894. The van der Waals surface area contributed by atoms with E-state index >= 15 is 0 Å². The number of methoxy groups -OCH3 is 1. The number of nitrogens with zero attached hydrogens (tertiary/aromatic N) is 2. The lowest BCUT2D eigenvalue weighted by Crippen LogP contribution is -2.34. The molecule has 28 heavy (non-hydrogen) atoms. The van der Waals surface area contributed by atoms with Crippen molar-refractivity contribution in [3.05, 3.63) is 29.8 Å². The van der Waals surface area contributed by atoms with Gasteiger partial charge in [0, 0.05) is 11.4 Å². The first kappa shape index (κ1) is 21.3. The molecular weight excluding hydrogens is 386 g/mol. The second-order valence-corrected chi connectivity index (χ2v) is 6.57. The molecule has 1 aliphatic rings. The van der Waals surface area contributed by atoms with E-state index in [1.165, 1.54) is 26.2 Å². The van der Waals surface area contributed by atoms with Crippen LogP contribution >= 0.6 is 11.8 Å². The van der Waals surface area contributed by atoms with Crippen LogP contribution < -0.4 is 5.32 Å². The summed E-state index contributed by atoms with van der Waals surface area (Å²) in [6, 6.07) is 5.45.